The molecule has 1 saturated heterocycles. The average molecular weight is 624 g/mol. The molecule has 0 spiro atoms. The second kappa shape index (κ2) is 13.2. The van der Waals surface area contributed by atoms with Crippen molar-refractivity contribution in [1.29, 1.82) is 0 Å². The van der Waals surface area contributed by atoms with Crippen molar-refractivity contribution in [2.24, 2.45) is 0 Å². The Labute approximate surface area is 267 Å². The molecule has 1 saturated carbocycles. The lowest BCUT2D eigenvalue weighted by Gasteiger charge is -2.40. The Morgan fingerprint density at radius 2 is 1.65 bits per heavy atom. The van der Waals surface area contributed by atoms with Crippen LogP contribution in [0.1, 0.15) is 74.7 Å². The zero-order valence-electron chi connectivity index (χ0n) is 26.5. The highest BCUT2D eigenvalue weighted by Gasteiger charge is 2.32. The van der Waals surface area contributed by atoms with Crippen molar-refractivity contribution in [3.63, 3.8) is 0 Å². The fourth-order valence-corrected chi connectivity index (χ4v) is 7.49. The van der Waals surface area contributed by atoms with Crippen molar-refractivity contribution < 1.29 is 9.26 Å². The zero-order valence-corrected chi connectivity index (χ0v) is 26.5. The van der Waals surface area contributed by atoms with E-state index in [1.54, 1.807) is 6.33 Å². The quantitative estimate of drug-likeness (QED) is 0.242. The number of hydrogen-bond acceptors (Lipinski definition) is 8. The van der Waals surface area contributed by atoms with Crippen LogP contribution >= 0.6 is 0 Å². The molecule has 1 aliphatic carbocycles. The molecule has 11 heteroatoms. The van der Waals surface area contributed by atoms with Crippen LogP contribution in [-0.4, -0.2) is 66.6 Å². The number of aromatic amines is 1. The van der Waals surface area contributed by atoms with Gasteiger partial charge >= 0.3 is 5.76 Å². The number of aryl methyl sites for hydroxylation is 1. The summed E-state index contributed by atoms with van der Waals surface area (Å²) in [6.45, 7) is 3.82. The van der Waals surface area contributed by atoms with Gasteiger partial charge in [0.1, 0.15) is 6.33 Å². The summed E-state index contributed by atoms with van der Waals surface area (Å²) in [5, 5.41) is 8.50. The Morgan fingerprint density at radius 1 is 0.935 bits per heavy atom. The first kappa shape index (κ1) is 30.3. The Kier molecular flexibility index (Phi) is 8.68. The number of H-pyrrole nitrogens is 1. The highest BCUT2D eigenvalue weighted by Crippen LogP contribution is 2.34. The van der Waals surface area contributed by atoms with Gasteiger partial charge in [-0.2, -0.15) is 10.1 Å². The molecule has 46 heavy (non-hydrogen) atoms. The maximum Gasteiger partial charge on any atom is 0.439 e. The van der Waals surface area contributed by atoms with Crippen LogP contribution in [0.3, 0.4) is 0 Å². The lowest BCUT2D eigenvalue weighted by Crippen LogP contribution is -2.45. The van der Waals surface area contributed by atoms with Crippen molar-refractivity contribution in [1.82, 2.24) is 34.2 Å². The SMILES string of the molecule is CCCc1c(Cc2ccc(-c3ccccc3-c3noc(=O)[nH]3)cc2)c(=O)n(C2CCC(N(C)C3CCOCC3)CC2)c2ncnn12. The molecule has 3 aromatic heterocycles. The summed E-state index contributed by atoms with van der Waals surface area (Å²) >= 11 is 0. The van der Waals surface area contributed by atoms with Gasteiger partial charge in [-0.25, -0.2) is 9.31 Å². The molecular weight excluding hydrogens is 582 g/mol. The van der Waals surface area contributed by atoms with Crippen LogP contribution in [0, 0.1) is 0 Å². The molecule has 0 amide bonds. The van der Waals surface area contributed by atoms with Crippen molar-refractivity contribution in [2.75, 3.05) is 20.3 Å². The maximum atomic E-state index is 14.4. The van der Waals surface area contributed by atoms with Crippen molar-refractivity contribution in [3.8, 4) is 22.5 Å². The minimum absolute atomic E-state index is 0.0505. The predicted molar refractivity (Wildman–Crippen MR) is 175 cm³/mol. The Bertz CT molecular complexity index is 1910. The first-order valence-corrected chi connectivity index (χ1v) is 16.5. The molecule has 0 atom stereocenters. The number of nitrogens with one attached hydrogen (secondary N) is 1. The van der Waals surface area contributed by atoms with Gasteiger partial charge in [-0.1, -0.05) is 67.0 Å². The van der Waals surface area contributed by atoms with E-state index in [1.807, 2.05) is 33.3 Å². The lowest BCUT2D eigenvalue weighted by molar-refractivity contribution is 0.0193. The zero-order chi connectivity index (χ0) is 31.6. The van der Waals surface area contributed by atoms with Crippen molar-refractivity contribution >= 4 is 5.78 Å². The van der Waals surface area contributed by atoms with E-state index in [1.165, 1.54) is 0 Å². The van der Waals surface area contributed by atoms with Gasteiger partial charge < -0.3 is 9.64 Å². The summed E-state index contributed by atoms with van der Waals surface area (Å²) in [4.78, 5) is 35.9. The molecule has 11 nitrogen and oxygen atoms in total. The van der Waals surface area contributed by atoms with Crippen LogP contribution in [0.2, 0.25) is 0 Å². The molecule has 1 N–H and O–H groups in total. The normalized spacial score (nSPS) is 19.3. The first-order valence-electron chi connectivity index (χ1n) is 16.5. The summed E-state index contributed by atoms with van der Waals surface area (Å²) < 4.78 is 14.2. The summed E-state index contributed by atoms with van der Waals surface area (Å²) in [6.07, 6.45) is 9.91. The second-order valence-corrected chi connectivity index (χ2v) is 12.7. The van der Waals surface area contributed by atoms with Gasteiger partial charge in [-0.3, -0.25) is 18.9 Å². The maximum absolute atomic E-state index is 14.4. The van der Waals surface area contributed by atoms with Crippen LogP contribution in [0.4, 0.5) is 0 Å². The summed E-state index contributed by atoms with van der Waals surface area (Å²) in [6, 6.07) is 17.2. The summed E-state index contributed by atoms with van der Waals surface area (Å²) in [7, 11) is 2.26. The van der Waals surface area contributed by atoms with E-state index in [4.69, 9.17) is 9.26 Å². The number of aromatic nitrogens is 6. The third-order valence-electron chi connectivity index (χ3n) is 9.96. The van der Waals surface area contributed by atoms with Gasteiger partial charge in [-0.05, 0) is 68.7 Å². The highest BCUT2D eigenvalue weighted by atomic mass is 16.5. The lowest BCUT2D eigenvalue weighted by atomic mass is 9.88. The van der Waals surface area contributed by atoms with Crippen LogP contribution < -0.4 is 11.3 Å². The minimum Gasteiger partial charge on any atom is -0.381 e. The molecular formula is C35H41N7O4. The van der Waals surface area contributed by atoms with Gasteiger partial charge in [-0.15, -0.1) is 0 Å². The molecule has 0 unspecified atom stereocenters. The summed E-state index contributed by atoms with van der Waals surface area (Å²) in [5.74, 6) is 0.449. The molecule has 4 heterocycles. The van der Waals surface area contributed by atoms with Crippen molar-refractivity contribution in [3.05, 3.63) is 92.6 Å². The predicted octanol–water partition coefficient (Wildman–Crippen LogP) is 5.04. The Hall–Kier alpha value is -4.35. The smallest absolute Gasteiger partial charge is 0.381 e. The standard InChI is InChI=1S/C35H41N7O4/c1-3-6-31-30(21-23-9-11-24(12-10-23)28-7-4-5-8-29(28)32-38-35(44)46-39-32)33(43)41(34-36-22-37-42(31)34)27-15-13-25(14-16-27)40(2)26-17-19-45-20-18-26/h4-5,7-12,22,25-27H,3,6,13-21H2,1-2H3,(H,38,39,44). The fourth-order valence-electron chi connectivity index (χ4n) is 7.49. The van der Waals surface area contributed by atoms with Gasteiger partial charge in [0.05, 0.1) is 5.69 Å². The number of rotatable bonds is 9. The topological polar surface area (TPSA) is 124 Å². The molecule has 2 aromatic carbocycles. The highest BCUT2D eigenvalue weighted by molar-refractivity contribution is 5.80. The minimum atomic E-state index is -0.589. The number of benzene rings is 2. The number of ether oxygens (including phenoxy) is 1. The van der Waals surface area contributed by atoms with E-state index < -0.39 is 5.76 Å². The van der Waals surface area contributed by atoms with Crippen LogP contribution in [0.15, 0.2) is 69.0 Å². The molecule has 1 aliphatic heterocycles. The Balaban J connectivity index is 1.17. The second-order valence-electron chi connectivity index (χ2n) is 12.7. The first-order chi connectivity index (χ1) is 22.5. The van der Waals surface area contributed by atoms with E-state index in [9.17, 15) is 9.59 Å². The average Bonchev–Trinajstić information content (AvgIpc) is 3.76. The van der Waals surface area contributed by atoms with Crippen LogP contribution in [0.25, 0.3) is 28.3 Å². The third kappa shape index (κ3) is 5.85. The summed E-state index contributed by atoms with van der Waals surface area (Å²) in [5.41, 5.74) is 5.49. The molecule has 7 rings (SSSR count). The fraction of sp³-hybridized carbons (Fsp3) is 0.457. The molecule has 240 valence electrons. The van der Waals surface area contributed by atoms with Gasteiger partial charge in [0, 0.05) is 48.9 Å². The van der Waals surface area contributed by atoms with E-state index in [0.29, 0.717) is 30.1 Å². The third-order valence-corrected chi connectivity index (χ3v) is 9.96. The molecule has 0 radical (unpaired) electrons. The van der Waals surface area contributed by atoms with E-state index in [0.717, 1.165) is 98.1 Å². The number of nitrogens with zero attached hydrogens (tertiary/aromatic N) is 6. The molecule has 2 aliphatic rings. The van der Waals surface area contributed by atoms with Gasteiger partial charge in [0.2, 0.25) is 5.78 Å². The number of fused-ring (bicyclic) bond motifs is 1. The Morgan fingerprint density at radius 3 is 2.35 bits per heavy atom. The van der Waals surface area contributed by atoms with Gasteiger partial charge in [0.15, 0.2) is 5.82 Å². The molecule has 2 fully saturated rings. The van der Waals surface area contributed by atoms with E-state index >= 15 is 0 Å². The molecule has 0 bridgehead atoms. The largest absolute Gasteiger partial charge is 0.439 e. The van der Waals surface area contributed by atoms with Crippen molar-refractivity contribution in [2.45, 2.75) is 82.8 Å². The van der Waals surface area contributed by atoms with E-state index in [-0.39, 0.29) is 11.6 Å². The van der Waals surface area contributed by atoms with Crippen LogP contribution in [0.5, 0.6) is 0 Å². The van der Waals surface area contributed by atoms with Gasteiger partial charge in [0.25, 0.3) is 5.56 Å². The van der Waals surface area contributed by atoms with E-state index in [2.05, 4.69) is 63.4 Å². The molecule has 5 aromatic rings. The van der Waals surface area contributed by atoms with Crippen LogP contribution in [-0.2, 0) is 17.6 Å². The number of hydrogen-bond donors (Lipinski definition) is 1. The monoisotopic (exact) mass is 623 g/mol.